The molecule has 0 aliphatic heterocycles. The van der Waals surface area contributed by atoms with E-state index in [0.717, 1.165) is 5.56 Å². The molecule has 5 heteroatoms. The highest BCUT2D eigenvalue weighted by atomic mass is 16.4. The quantitative estimate of drug-likeness (QED) is 0.755. The van der Waals surface area contributed by atoms with E-state index in [1.165, 1.54) is 6.92 Å². The predicted molar refractivity (Wildman–Crippen MR) is 79.2 cm³/mol. The molecule has 0 bridgehead atoms. The highest BCUT2D eigenvalue weighted by molar-refractivity contribution is 5.98. The number of benzene rings is 1. The van der Waals surface area contributed by atoms with E-state index < -0.39 is 17.4 Å². The van der Waals surface area contributed by atoms with Gasteiger partial charge >= 0.3 is 5.97 Å². The second-order valence-corrected chi connectivity index (χ2v) is 5.33. The van der Waals surface area contributed by atoms with Crippen molar-refractivity contribution >= 4 is 17.7 Å². The normalized spacial score (nSPS) is 13.3. The maximum Gasteiger partial charge on any atom is 0.329 e. The summed E-state index contributed by atoms with van der Waals surface area (Å²) in [6.45, 7) is 5.07. The van der Waals surface area contributed by atoms with Crippen LogP contribution in [0.2, 0.25) is 0 Å². The second kappa shape index (κ2) is 7.02. The van der Waals surface area contributed by atoms with Crippen LogP contribution < -0.4 is 5.32 Å². The number of carbonyl (C=O) groups excluding carboxylic acids is 2. The number of ketones is 1. The maximum atomic E-state index is 11.9. The molecule has 1 rings (SSSR count). The van der Waals surface area contributed by atoms with Crippen molar-refractivity contribution in [2.45, 2.75) is 45.6 Å². The summed E-state index contributed by atoms with van der Waals surface area (Å²) in [5.74, 6) is -1.64. The molecular weight excluding hydrogens is 270 g/mol. The first kappa shape index (κ1) is 16.9. The van der Waals surface area contributed by atoms with Crippen molar-refractivity contribution in [2.24, 2.45) is 0 Å². The number of hydrogen-bond donors (Lipinski definition) is 2. The number of nitrogens with one attached hydrogen (secondary N) is 1. The van der Waals surface area contributed by atoms with Crippen molar-refractivity contribution in [1.82, 2.24) is 5.32 Å². The lowest BCUT2D eigenvalue weighted by atomic mass is 9.98. The predicted octanol–water partition coefficient (Wildman–Crippen LogP) is 2.33. The zero-order chi connectivity index (χ0) is 16.0. The fourth-order valence-electron chi connectivity index (χ4n) is 1.77. The minimum absolute atomic E-state index is 0.0183. The van der Waals surface area contributed by atoms with Gasteiger partial charge in [0.05, 0.1) is 0 Å². The molecule has 0 heterocycles. The largest absolute Gasteiger partial charge is 0.480 e. The first-order valence-corrected chi connectivity index (χ1v) is 6.93. The van der Waals surface area contributed by atoms with Crippen LogP contribution in [0, 0.1) is 6.92 Å². The molecule has 0 radical (unpaired) electrons. The number of carbonyl (C=O) groups is 3. The first-order valence-electron chi connectivity index (χ1n) is 6.93. The third-order valence-electron chi connectivity index (χ3n) is 3.55. The summed E-state index contributed by atoms with van der Waals surface area (Å²) in [6.07, 6.45) is 0.323. The van der Waals surface area contributed by atoms with Gasteiger partial charge < -0.3 is 10.4 Å². The van der Waals surface area contributed by atoms with Gasteiger partial charge in [-0.05, 0) is 20.3 Å². The van der Waals surface area contributed by atoms with E-state index in [2.05, 4.69) is 5.32 Å². The molecule has 21 heavy (non-hydrogen) atoms. The maximum absolute atomic E-state index is 11.9. The lowest BCUT2D eigenvalue weighted by Gasteiger charge is -2.24. The zero-order valence-corrected chi connectivity index (χ0v) is 12.6. The van der Waals surface area contributed by atoms with Crippen molar-refractivity contribution in [1.29, 1.82) is 0 Å². The van der Waals surface area contributed by atoms with Crippen LogP contribution in [0.4, 0.5) is 0 Å². The smallest absolute Gasteiger partial charge is 0.329 e. The van der Waals surface area contributed by atoms with E-state index in [1.54, 1.807) is 19.1 Å². The molecule has 0 fully saturated rings. The average molecular weight is 291 g/mol. The van der Waals surface area contributed by atoms with Crippen molar-refractivity contribution < 1.29 is 19.5 Å². The zero-order valence-electron chi connectivity index (χ0n) is 12.6. The van der Waals surface area contributed by atoms with Crippen molar-refractivity contribution in [3.63, 3.8) is 0 Å². The van der Waals surface area contributed by atoms with Crippen LogP contribution in [0.5, 0.6) is 0 Å². The van der Waals surface area contributed by atoms with Gasteiger partial charge in [0.2, 0.25) is 5.91 Å². The van der Waals surface area contributed by atoms with Gasteiger partial charge in [0.15, 0.2) is 5.78 Å². The molecule has 1 unspecified atom stereocenters. The monoisotopic (exact) mass is 291 g/mol. The van der Waals surface area contributed by atoms with Gasteiger partial charge in [-0.3, -0.25) is 9.59 Å². The van der Waals surface area contributed by atoms with Crippen molar-refractivity contribution in [2.75, 3.05) is 0 Å². The summed E-state index contributed by atoms with van der Waals surface area (Å²) in [6, 6.07) is 7.13. The van der Waals surface area contributed by atoms with E-state index in [1.807, 2.05) is 19.1 Å². The molecule has 5 nitrogen and oxygen atoms in total. The van der Waals surface area contributed by atoms with Crippen LogP contribution in [-0.2, 0) is 9.59 Å². The van der Waals surface area contributed by atoms with Gasteiger partial charge in [0.1, 0.15) is 5.54 Å². The first-order chi connectivity index (χ1) is 9.78. The number of carboxylic acid groups (broad SMARTS) is 1. The number of Topliss-reactive ketones (excluding diaryl/α,β-unsaturated/α-hetero) is 1. The van der Waals surface area contributed by atoms with E-state index in [-0.39, 0.29) is 25.0 Å². The van der Waals surface area contributed by atoms with Crippen LogP contribution in [0.3, 0.4) is 0 Å². The van der Waals surface area contributed by atoms with E-state index >= 15 is 0 Å². The standard InChI is InChI=1S/C16H21NO4/c1-4-16(3,15(20)21)17-14(19)10-9-13(18)12-7-5-11(2)6-8-12/h5-8H,4,9-10H2,1-3H3,(H,17,19)(H,20,21). The van der Waals surface area contributed by atoms with Crippen LogP contribution in [0.1, 0.15) is 49.0 Å². The SMILES string of the molecule is CCC(C)(NC(=O)CCC(=O)c1ccc(C)cc1)C(=O)O. The van der Waals surface area contributed by atoms with Crippen molar-refractivity contribution in [3.8, 4) is 0 Å². The third kappa shape index (κ3) is 4.70. The van der Waals surface area contributed by atoms with Crippen LogP contribution in [0.25, 0.3) is 0 Å². The fraction of sp³-hybridized carbons (Fsp3) is 0.438. The van der Waals surface area contributed by atoms with Gasteiger partial charge in [-0.1, -0.05) is 36.8 Å². The molecule has 0 spiro atoms. The van der Waals surface area contributed by atoms with Gasteiger partial charge in [-0.2, -0.15) is 0 Å². The Kier molecular flexibility index (Phi) is 5.64. The van der Waals surface area contributed by atoms with Gasteiger partial charge in [0, 0.05) is 18.4 Å². The van der Waals surface area contributed by atoms with E-state index in [4.69, 9.17) is 5.11 Å². The molecule has 0 aliphatic carbocycles. The fourth-order valence-corrected chi connectivity index (χ4v) is 1.77. The Bertz CT molecular complexity index is 536. The topological polar surface area (TPSA) is 83.5 Å². The Hall–Kier alpha value is -2.17. The molecule has 0 saturated carbocycles. The summed E-state index contributed by atoms with van der Waals surface area (Å²) in [7, 11) is 0. The second-order valence-electron chi connectivity index (χ2n) is 5.33. The van der Waals surface area contributed by atoms with Crippen LogP contribution in [-0.4, -0.2) is 28.3 Å². The Morgan fingerprint density at radius 3 is 2.19 bits per heavy atom. The summed E-state index contributed by atoms with van der Waals surface area (Å²) < 4.78 is 0. The third-order valence-corrected chi connectivity index (χ3v) is 3.55. The molecule has 0 saturated heterocycles. The van der Waals surface area contributed by atoms with Gasteiger partial charge in [-0.15, -0.1) is 0 Å². The molecule has 1 aromatic rings. The number of rotatable bonds is 7. The molecule has 1 aromatic carbocycles. The molecule has 1 amide bonds. The highest BCUT2D eigenvalue weighted by Crippen LogP contribution is 2.11. The highest BCUT2D eigenvalue weighted by Gasteiger charge is 2.32. The number of hydrogen-bond acceptors (Lipinski definition) is 3. The number of carboxylic acids is 1. The Morgan fingerprint density at radius 1 is 1.14 bits per heavy atom. The summed E-state index contributed by atoms with van der Waals surface area (Å²) >= 11 is 0. The number of aliphatic carboxylic acids is 1. The Labute approximate surface area is 124 Å². The van der Waals surface area contributed by atoms with Gasteiger partial charge in [0.25, 0.3) is 0 Å². The van der Waals surface area contributed by atoms with Crippen LogP contribution >= 0.6 is 0 Å². The number of aryl methyl sites for hydroxylation is 1. The number of amides is 1. The van der Waals surface area contributed by atoms with E-state index in [9.17, 15) is 14.4 Å². The molecular formula is C16H21NO4. The van der Waals surface area contributed by atoms with E-state index in [0.29, 0.717) is 5.56 Å². The lowest BCUT2D eigenvalue weighted by Crippen LogP contribution is -2.51. The minimum atomic E-state index is -1.29. The minimum Gasteiger partial charge on any atom is -0.480 e. The molecule has 1 atom stereocenters. The summed E-state index contributed by atoms with van der Waals surface area (Å²) in [4.78, 5) is 34.8. The Morgan fingerprint density at radius 2 is 1.71 bits per heavy atom. The average Bonchev–Trinajstić information content (AvgIpc) is 2.45. The Balaban J connectivity index is 2.55. The molecule has 114 valence electrons. The van der Waals surface area contributed by atoms with Gasteiger partial charge in [-0.25, -0.2) is 4.79 Å². The van der Waals surface area contributed by atoms with Crippen molar-refractivity contribution in [3.05, 3.63) is 35.4 Å². The molecule has 0 aromatic heterocycles. The van der Waals surface area contributed by atoms with Crippen LogP contribution in [0.15, 0.2) is 24.3 Å². The lowest BCUT2D eigenvalue weighted by molar-refractivity contribution is -0.147. The molecule has 0 aliphatic rings. The summed E-state index contributed by atoms with van der Waals surface area (Å²) in [5, 5.41) is 11.5. The molecule has 2 N–H and O–H groups in total. The summed E-state index contributed by atoms with van der Waals surface area (Å²) in [5.41, 5.74) is 0.332.